The van der Waals surface area contributed by atoms with Crippen LogP contribution in [0.15, 0.2) is 17.4 Å². The molecule has 16 heavy (non-hydrogen) atoms. The first-order valence-electron chi connectivity index (χ1n) is 6.07. The van der Waals surface area contributed by atoms with Crippen LogP contribution in [0.5, 0.6) is 0 Å². The largest absolute Gasteiger partial charge is 0.463 e. The molecule has 0 fully saturated rings. The number of hydrogen-bond donors (Lipinski definition) is 0. The molecule has 0 aromatic rings. The molecular weight excluding hydrogens is 200 g/mol. The van der Waals surface area contributed by atoms with Crippen LogP contribution in [0.4, 0.5) is 0 Å². The fourth-order valence-electron chi connectivity index (χ4n) is 1.04. The molecule has 0 rings (SSSR count). The van der Waals surface area contributed by atoms with E-state index in [1.807, 2.05) is 26.8 Å². The Bertz CT molecular complexity index is 270. The molecule has 0 N–H and O–H groups in total. The van der Waals surface area contributed by atoms with Crippen molar-refractivity contribution in [2.45, 2.75) is 60.0 Å². The van der Waals surface area contributed by atoms with Gasteiger partial charge in [-0.05, 0) is 44.3 Å². The molecule has 0 amide bonds. The number of carbonyl (C=O) groups is 1. The standard InChI is InChI=1S/C14H24O2/c1-6-13(5)16-14(15)10-9-12(4)8-7-11(2)3/h7,11,13H,6,9-10H2,1-5H3. The Morgan fingerprint density at radius 3 is 2.44 bits per heavy atom. The van der Waals surface area contributed by atoms with Crippen LogP contribution < -0.4 is 0 Å². The maximum Gasteiger partial charge on any atom is 0.306 e. The minimum atomic E-state index is -0.111. The van der Waals surface area contributed by atoms with E-state index in [1.54, 1.807) is 0 Å². The van der Waals surface area contributed by atoms with Crippen molar-refractivity contribution >= 4 is 5.97 Å². The summed E-state index contributed by atoms with van der Waals surface area (Å²) in [6.45, 7) is 10.1. The molecule has 0 heterocycles. The molecule has 0 bridgehead atoms. The SMILES string of the molecule is CCC(C)OC(=O)CCC(C)=C=CC(C)C. The van der Waals surface area contributed by atoms with Crippen molar-refractivity contribution in [3.05, 3.63) is 17.4 Å². The summed E-state index contributed by atoms with van der Waals surface area (Å²) in [6, 6.07) is 0. The summed E-state index contributed by atoms with van der Waals surface area (Å²) in [6.07, 6.45) is 4.11. The van der Waals surface area contributed by atoms with Crippen LogP contribution in [0.2, 0.25) is 0 Å². The van der Waals surface area contributed by atoms with Crippen molar-refractivity contribution in [3.8, 4) is 0 Å². The van der Waals surface area contributed by atoms with Gasteiger partial charge in [-0.3, -0.25) is 4.79 Å². The lowest BCUT2D eigenvalue weighted by molar-refractivity contribution is -0.148. The quantitative estimate of drug-likeness (QED) is 0.506. The third-order valence-corrected chi connectivity index (χ3v) is 2.27. The lowest BCUT2D eigenvalue weighted by Gasteiger charge is -2.10. The molecule has 92 valence electrons. The molecule has 2 nitrogen and oxygen atoms in total. The predicted molar refractivity (Wildman–Crippen MR) is 67.2 cm³/mol. The van der Waals surface area contributed by atoms with E-state index in [1.165, 1.54) is 0 Å². The maximum atomic E-state index is 11.4. The fraction of sp³-hybridized carbons (Fsp3) is 0.714. The van der Waals surface area contributed by atoms with Gasteiger partial charge in [-0.2, -0.15) is 0 Å². The van der Waals surface area contributed by atoms with E-state index in [4.69, 9.17) is 4.74 Å². The second kappa shape index (κ2) is 8.18. The van der Waals surface area contributed by atoms with E-state index in [0.29, 0.717) is 12.3 Å². The third-order valence-electron chi connectivity index (χ3n) is 2.27. The van der Waals surface area contributed by atoms with Crippen molar-refractivity contribution in [2.75, 3.05) is 0 Å². The van der Waals surface area contributed by atoms with Crippen LogP contribution in [-0.2, 0) is 9.53 Å². The zero-order valence-corrected chi connectivity index (χ0v) is 11.2. The van der Waals surface area contributed by atoms with Crippen molar-refractivity contribution in [3.63, 3.8) is 0 Å². The smallest absolute Gasteiger partial charge is 0.306 e. The average Bonchev–Trinajstić information content (AvgIpc) is 2.23. The van der Waals surface area contributed by atoms with Crippen LogP contribution in [-0.4, -0.2) is 12.1 Å². The topological polar surface area (TPSA) is 26.3 Å². The van der Waals surface area contributed by atoms with E-state index in [2.05, 4.69) is 19.6 Å². The predicted octanol–water partition coefficient (Wildman–Crippen LogP) is 3.87. The van der Waals surface area contributed by atoms with Crippen LogP contribution in [0, 0.1) is 5.92 Å². The van der Waals surface area contributed by atoms with Crippen LogP contribution >= 0.6 is 0 Å². The summed E-state index contributed by atoms with van der Waals surface area (Å²) in [4.78, 5) is 11.4. The minimum absolute atomic E-state index is 0.0305. The van der Waals surface area contributed by atoms with Gasteiger partial charge in [-0.15, -0.1) is 5.73 Å². The molecular formula is C14H24O2. The summed E-state index contributed by atoms with van der Waals surface area (Å²) >= 11 is 0. The Kier molecular flexibility index (Phi) is 7.66. The van der Waals surface area contributed by atoms with Gasteiger partial charge in [0.15, 0.2) is 0 Å². The first-order valence-corrected chi connectivity index (χ1v) is 6.07. The molecule has 0 aromatic heterocycles. The third kappa shape index (κ3) is 8.31. The summed E-state index contributed by atoms with van der Waals surface area (Å²) in [7, 11) is 0. The Balaban J connectivity index is 3.97. The highest BCUT2D eigenvalue weighted by molar-refractivity contribution is 5.69. The lowest BCUT2D eigenvalue weighted by atomic mass is 10.1. The molecule has 2 heteroatoms. The van der Waals surface area contributed by atoms with Gasteiger partial charge in [0.25, 0.3) is 0 Å². The number of rotatable bonds is 6. The van der Waals surface area contributed by atoms with E-state index in [0.717, 1.165) is 18.4 Å². The zero-order valence-electron chi connectivity index (χ0n) is 11.2. The molecule has 0 saturated heterocycles. The number of hydrogen-bond acceptors (Lipinski definition) is 2. The Morgan fingerprint density at radius 1 is 1.31 bits per heavy atom. The molecule has 0 saturated carbocycles. The normalized spacial score (nSPS) is 11.9. The highest BCUT2D eigenvalue weighted by Gasteiger charge is 2.07. The van der Waals surface area contributed by atoms with Gasteiger partial charge in [-0.25, -0.2) is 0 Å². The summed E-state index contributed by atoms with van der Waals surface area (Å²) < 4.78 is 5.19. The average molecular weight is 224 g/mol. The van der Waals surface area contributed by atoms with E-state index >= 15 is 0 Å². The second-order valence-corrected chi connectivity index (χ2v) is 4.54. The molecule has 0 aliphatic rings. The molecule has 1 unspecified atom stereocenters. The van der Waals surface area contributed by atoms with Crippen molar-refractivity contribution in [2.24, 2.45) is 5.92 Å². The first kappa shape index (κ1) is 15.0. The number of ether oxygens (including phenoxy) is 1. The van der Waals surface area contributed by atoms with Gasteiger partial charge in [0.2, 0.25) is 0 Å². The Morgan fingerprint density at radius 2 is 1.94 bits per heavy atom. The number of carbonyl (C=O) groups excluding carboxylic acids is 1. The zero-order chi connectivity index (χ0) is 12.6. The Hall–Kier alpha value is -1.01. The molecule has 0 aliphatic carbocycles. The van der Waals surface area contributed by atoms with Crippen LogP contribution in [0.25, 0.3) is 0 Å². The Labute approximate surface area is 99.4 Å². The second-order valence-electron chi connectivity index (χ2n) is 4.54. The van der Waals surface area contributed by atoms with Gasteiger partial charge >= 0.3 is 5.97 Å². The molecule has 1 atom stereocenters. The van der Waals surface area contributed by atoms with E-state index in [9.17, 15) is 4.79 Å². The fourth-order valence-corrected chi connectivity index (χ4v) is 1.04. The highest BCUT2D eigenvalue weighted by Crippen LogP contribution is 2.06. The van der Waals surface area contributed by atoms with Gasteiger partial charge in [0, 0.05) is 6.42 Å². The maximum absolute atomic E-state index is 11.4. The van der Waals surface area contributed by atoms with Gasteiger partial charge in [0.1, 0.15) is 0 Å². The van der Waals surface area contributed by atoms with E-state index in [-0.39, 0.29) is 12.1 Å². The molecule has 0 aliphatic heterocycles. The molecule has 0 radical (unpaired) electrons. The molecule has 0 aromatic carbocycles. The first-order chi connectivity index (χ1) is 7.45. The number of esters is 1. The van der Waals surface area contributed by atoms with Crippen molar-refractivity contribution in [1.29, 1.82) is 0 Å². The minimum Gasteiger partial charge on any atom is -0.463 e. The summed E-state index contributed by atoms with van der Waals surface area (Å²) in [5, 5.41) is 0. The molecule has 0 spiro atoms. The summed E-state index contributed by atoms with van der Waals surface area (Å²) in [5.41, 5.74) is 4.29. The lowest BCUT2D eigenvalue weighted by Crippen LogP contribution is -2.13. The summed E-state index contributed by atoms with van der Waals surface area (Å²) in [5.74, 6) is 0.391. The van der Waals surface area contributed by atoms with Gasteiger partial charge in [-0.1, -0.05) is 20.8 Å². The van der Waals surface area contributed by atoms with Crippen LogP contribution in [0.3, 0.4) is 0 Å². The van der Waals surface area contributed by atoms with Crippen molar-refractivity contribution in [1.82, 2.24) is 0 Å². The van der Waals surface area contributed by atoms with Crippen molar-refractivity contribution < 1.29 is 9.53 Å². The number of allylic oxidation sites excluding steroid dienone is 1. The van der Waals surface area contributed by atoms with Crippen LogP contribution in [0.1, 0.15) is 53.9 Å². The van der Waals surface area contributed by atoms with Gasteiger partial charge in [0.05, 0.1) is 6.10 Å². The highest BCUT2D eigenvalue weighted by atomic mass is 16.5. The van der Waals surface area contributed by atoms with E-state index < -0.39 is 0 Å². The monoisotopic (exact) mass is 224 g/mol. The van der Waals surface area contributed by atoms with Gasteiger partial charge < -0.3 is 4.74 Å².